The van der Waals surface area contributed by atoms with Gasteiger partial charge in [0.1, 0.15) is 0 Å². The van der Waals surface area contributed by atoms with Crippen LogP contribution < -0.4 is 0 Å². The summed E-state index contributed by atoms with van der Waals surface area (Å²) in [5.41, 5.74) is 5.72. The molecule has 2 atom stereocenters. The summed E-state index contributed by atoms with van der Waals surface area (Å²) < 4.78 is 0. The Morgan fingerprint density at radius 2 is 1.63 bits per heavy atom. The molecule has 3 aromatic rings. The SMILES string of the molecule is [C-]#[N+]/C(C#N)=C1\c2ccccc2CC[C@H]1[C@@H](/C=C/c1ccccc1)c1ccccc1. The number of allylic oxidation sites excluding steroid dienone is 3. The molecule has 0 aliphatic heterocycles. The molecule has 0 radical (unpaired) electrons. The number of hydrogen-bond acceptors (Lipinski definition) is 1. The minimum absolute atomic E-state index is 0.0750. The van der Waals surface area contributed by atoms with E-state index in [0.29, 0.717) is 0 Å². The van der Waals surface area contributed by atoms with Crippen LogP contribution in [-0.2, 0) is 6.42 Å². The lowest BCUT2D eigenvalue weighted by molar-refractivity contribution is 0.537. The fourth-order valence-corrected chi connectivity index (χ4v) is 4.40. The van der Waals surface area contributed by atoms with Crippen LogP contribution in [0.2, 0.25) is 0 Å². The molecule has 0 heterocycles. The van der Waals surface area contributed by atoms with Crippen LogP contribution in [0.25, 0.3) is 16.5 Å². The lowest BCUT2D eigenvalue weighted by Crippen LogP contribution is -2.20. The summed E-state index contributed by atoms with van der Waals surface area (Å²) >= 11 is 0. The van der Waals surface area contributed by atoms with Crippen LogP contribution in [0.15, 0.2) is 96.7 Å². The monoisotopic (exact) mass is 386 g/mol. The zero-order valence-electron chi connectivity index (χ0n) is 16.7. The fraction of sp³-hybridized carbons (Fsp3) is 0.143. The van der Waals surface area contributed by atoms with Crippen molar-refractivity contribution in [2.24, 2.45) is 5.92 Å². The van der Waals surface area contributed by atoms with E-state index in [1.165, 1.54) is 11.1 Å². The zero-order chi connectivity index (χ0) is 20.8. The first-order valence-corrected chi connectivity index (χ1v) is 10.2. The van der Waals surface area contributed by atoms with Crippen LogP contribution in [-0.4, -0.2) is 0 Å². The molecule has 0 amide bonds. The summed E-state index contributed by atoms with van der Waals surface area (Å²) in [5.74, 6) is 0.158. The molecule has 2 heteroatoms. The molecule has 0 N–H and O–H groups in total. The van der Waals surface area contributed by atoms with Crippen LogP contribution in [0.4, 0.5) is 0 Å². The highest BCUT2D eigenvalue weighted by Gasteiger charge is 2.32. The van der Waals surface area contributed by atoms with Crippen molar-refractivity contribution in [2.45, 2.75) is 18.8 Å². The highest BCUT2D eigenvalue weighted by molar-refractivity contribution is 5.79. The Bertz CT molecular complexity index is 1140. The van der Waals surface area contributed by atoms with E-state index >= 15 is 0 Å². The number of aryl methyl sites for hydroxylation is 1. The molecule has 4 rings (SSSR count). The maximum Gasteiger partial charge on any atom is 0.265 e. The second-order valence-electron chi connectivity index (χ2n) is 7.49. The summed E-state index contributed by atoms with van der Waals surface area (Å²) in [6.45, 7) is 7.64. The van der Waals surface area contributed by atoms with Gasteiger partial charge in [-0.25, -0.2) is 10.1 Å². The quantitative estimate of drug-likeness (QED) is 0.354. The lowest BCUT2D eigenvalue weighted by Gasteiger charge is -2.33. The molecule has 0 spiro atoms. The predicted octanol–water partition coefficient (Wildman–Crippen LogP) is 6.90. The Labute approximate surface area is 178 Å². The Morgan fingerprint density at radius 3 is 2.33 bits per heavy atom. The standard InChI is InChI=1S/C28H22N2/c1-30-27(20-29)28-25-15-9-8-14-23(25)17-19-26(28)24(22-12-6-3-7-13-22)18-16-21-10-4-2-5-11-21/h2-16,18,24,26H,17,19H2/b18-16+,28-27+/t24-,26-/m0/s1. The van der Waals surface area contributed by atoms with Crippen molar-refractivity contribution in [1.29, 1.82) is 5.26 Å². The van der Waals surface area contributed by atoms with E-state index in [9.17, 15) is 5.26 Å². The van der Waals surface area contributed by atoms with Gasteiger partial charge in [-0.1, -0.05) is 97.1 Å². The average Bonchev–Trinajstić information content (AvgIpc) is 2.82. The Morgan fingerprint density at radius 1 is 0.967 bits per heavy atom. The van der Waals surface area contributed by atoms with E-state index in [4.69, 9.17) is 6.57 Å². The summed E-state index contributed by atoms with van der Waals surface area (Å²) in [6.07, 6.45) is 6.25. The normalized spacial score (nSPS) is 18.1. The third-order valence-electron chi connectivity index (χ3n) is 5.79. The summed E-state index contributed by atoms with van der Waals surface area (Å²) in [4.78, 5) is 3.62. The van der Waals surface area contributed by atoms with Gasteiger partial charge < -0.3 is 0 Å². The average molecular weight is 386 g/mol. The van der Waals surface area contributed by atoms with Gasteiger partial charge in [0.15, 0.2) is 0 Å². The molecule has 0 unspecified atom stereocenters. The Balaban J connectivity index is 1.85. The third-order valence-corrected chi connectivity index (χ3v) is 5.79. The molecule has 1 aliphatic carbocycles. The molecule has 0 saturated carbocycles. The first-order chi connectivity index (χ1) is 14.8. The maximum absolute atomic E-state index is 9.74. The van der Waals surface area contributed by atoms with Crippen molar-refractivity contribution in [2.75, 3.05) is 0 Å². The van der Waals surface area contributed by atoms with E-state index in [0.717, 1.165) is 29.5 Å². The van der Waals surface area contributed by atoms with E-state index < -0.39 is 0 Å². The molecule has 0 aromatic heterocycles. The zero-order valence-corrected chi connectivity index (χ0v) is 16.7. The van der Waals surface area contributed by atoms with Crippen LogP contribution in [0.3, 0.4) is 0 Å². The topological polar surface area (TPSA) is 28.1 Å². The minimum atomic E-state index is 0.0750. The van der Waals surface area contributed by atoms with Crippen LogP contribution >= 0.6 is 0 Å². The van der Waals surface area contributed by atoms with Crippen molar-refractivity contribution in [1.82, 2.24) is 0 Å². The van der Waals surface area contributed by atoms with Crippen LogP contribution in [0, 0.1) is 23.8 Å². The highest BCUT2D eigenvalue weighted by Crippen LogP contribution is 2.45. The largest absolute Gasteiger partial charge is 0.265 e. The summed E-state index contributed by atoms with van der Waals surface area (Å²) in [6, 6.07) is 31.0. The van der Waals surface area contributed by atoms with E-state index in [2.05, 4.69) is 71.6 Å². The number of benzene rings is 3. The highest BCUT2D eigenvalue weighted by atomic mass is 14.7. The van der Waals surface area contributed by atoms with Crippen LogP contribution in [0.5, 0.6) is 0 Å². The number of nitriles is 1. The van der Waals surface area contributed by atoms with Gasteiger partial charge in [0.2, 0.25) is 0 Å². The number of fused-ring (bicyclic) bond motifs is 1. The Hall–Kier alpha value is -3.88. The molecule has 0 saturated heterocycles. The van der Waals surface area contributed by atoms with Crippen LogP contribution in [0.1, 0.15) is 34.6 Å². The molecule has 0 fully saturated rings. The number of hydrogen-bond donors (Lipinski definition) is 0. The first-order valence-electron chi connectivity index (χ1n) is 10.2. The van der Waals surface area contributed by atoms with Gasteiger partial charge in [0, 0.05) is 5.92 Å². The molecule has 0 bridgehead atoms. The molecular weight excluding hydrogens is 364 g/mol. The van der Waals surface area contributed by atoms with Crippen molar-refractivity contribution in [3.8, 4) is 6.07 Å². The van der Waals surface area contributed by atoms with Gasteiger partial charge in [-0.2, -0.15) is 0 Å². The van der Waals surface area contributed by atoms with Gasteiger partial charge in [-0.05, 0) is 46.6 Å². The fourth-order valence-electron chi connectivity index (χ4n) is 4.40. The summed E-state index contributed by atoms with van der Waals surface area (Å²) in [5, 5.41) is 9.74. The number of rotatable bonds is 4. The van der Waals surface area contributed by atoms with Gasteiger partial charge in [0.25, 0.3) is 5.70 Å². The minimum Gasteiger partial charge on any atom is -0.226 e. The molecule has 30 heavy (non-hydrogen) atoms. The molecular formula is C28H22N2. The molecule has 1 aliphatic rings. The van der Waals surface area contributed by atoms with E-state index in [1.54, 1.807) is 0 Å². The van der Waals surface area contributed by atoms with Gasteiger partial charge in [-0.3, -0.25) is 0 Å². The van der Waals surface area contributed by atoms with Gasteiger partial charge in [-0.15, -0.1) is 0 Å². The van der Waals surface area contributed by atoms with Crippen molar-refractivity contribution >= 4 is 11.6 Å². The lowest BCUT2D eigenvalue weighted by atomic mass is 9.70. The molecule has 2 nitrogen and oxygen atoms in total. The second kappa shape index (κ2) is 9.08. The van der Waals surface area contributed by atoms with Crippen molar-refractivity contribution in [3.05, 3.63) is 130 Å². The predicted molar refractivity (Wildman–Crippen MR) is 122 cm³/mol. The summed E-state index contributed by atoms with van der Waals surface area (Å²) in [7, 11) is 0. The molecule has 3 aromatic carbocycles. The van der Waals surface area contributed by atoms with Crippen molar-refractivity contribution in [3.63, 3.8) is 0 Å². The van der Waals surface area contributed by atoms with Crippen molar-refractivity contribution < 1.29 is 0 Å². The molecule has 144 valence electrons. The van der Waals surface area contributed by atoms with Gasteiger partial charge in [0.05, 0.1) is 12.6 Å². The first kappa shape index (κ1) is 19.4. The van der Waals surface area contributed by atoms with E-state index in [1.807, 2.05) is 36.4 Å². The number of nitrogens with zero attached hydrogens (tertiary/aromatic N) is 2. The smallest absolute Gasteiger partial charge is 0.226 e. The Kier molecular flexibility index (Phi) is 5.88. The maximum atomic E-state index is 9.74. The second-order valence-corrected chi connectivity index (χ2v) is 7.49. The third kappa shape index (κ3) is 3.95. The van der Waals surface area contributed by atoms with E-state index in [-0.39, 0.29) is 17.5 Å². The van der Waals surface area contributed by atoms with Gasteiger partial charge >= 0.3 is 0 Å².